The molecule has 23 heavy (non-hydrogen) atoms. The lowest BCUT2D eigenvalue weighted by Crippen LogP contribution is -2.18. The van der Waals surface area contributed by atoms with E-state index in [1.165, 1.54) is 32.1 Å². The average molecular weight is 324 g/mol. The zero-order valence-electron chi connectivity index (χ0n) is 14.9. The van der Waals surface area contributed by atoms with Crippen LogP contribution >= 0.6 is 0 Å². The molecule has 4 N–H and O–H groups in total. The molecule has 1 fully saturated rings. The van der Waals surface area contributed by atoms with Gasteiger partial charge in [-0.25, -0.2) is 0 Å². The van der Waals surface area contributed by atoms with Crippen LogP contribution in [0.2, 0.25) is 0 Å². The van der Waals surface area contributed by atoms with Crippen LogP contribution in [0.3, 0.4) is 0 Å². The molecule has 1 rings (SSSR count). The van der Waals surface area contributed by atoms with Crippen LogP contribution in [0.4, 0.5) is 0 Å². The molecule has 0 aromatic heterocycles. The van der Waals surface area contributed by atoms with Crippen molar-refractivity contribution in [3.63, 3.8) is 0 Å². The van der Waals surface area contributed by atoms with E-state index >= 15 is 0 Å². The zero-order valence-corrected chi connectivity index (χ0v) is 14.9. The van der Waals surface area contributed by atoms with Crippen molar-refractivity contribution in [2.75, 3.05) is 0 Å². The highest BCUT2D eigenvalue weighted by Crippen LogP contribution is 2.36. The molecule has 4 atom stereocenters. The van der Waals surface area contributed by atoms with Gasteiger partial charge in [0.05, 0.1) is 12.2 Å². The van der Waals surface area contributed by atoms with Crippen LogP contribution in [0.15, 0.2) is 24.4 Å². The second kappa shape index (κ2) is 12.6. The van der Waals surface area contributed by atoms with E-state index in [4.69, 9.17) is 5.73 Å². The third kappa shape index (κ3) is 8.57. The van der Waals surface area contributed by atoms with Gasteiger partial charge in [-0.2, -0.15) is 0 Å². The number of hydrogen-bond acceptors (Lipinski definition) is 3. The summed E-state index contributed by atoms with van der Waals surface area (Å²) in [6.07, 6.45) is 19.3. The third-order valence-corrected chi connectivity index (χ3v) is 5.07. The first-order chi connectivity index (χ1) is 11.2. The molecule has 134 valence electrons. The van der Waals surface area contributed by atoms with Crippen molar-refractivity contribution in [2.45, 2.75) is 89.8 Å². The molecule has 3 heteroatoms. The van der Waals surface area contributed by atoms with Crippen molar-refractivity contribution in [2.24, 2.45) is 17.6 Å². The van der Waals surface area contributed by atoms with Gasteiger partial charge in [0.2, 0.25) is 0 Å². The average Bonchev–Trinajstić information content (AvgIpc) is 2.89. The highest BCUT2D eigenvalue weighted by molar-refractivity contribution is 5.00. The zero-order chi connectivity index (χ0) is 16.9. The smallest absolute Gasteiger partial charge is 0.0721 e. The molecule has 0 heterocycles. The molecule has 0 saturated heterocycles. The Bertz CT molecular complexity index is 341. The number of nitrogens with two attached hydrogens (primary N) is 1. The van der Waals surface area contributed by atoms with Crippen molar-refractivity contribution in [1.29, 1.82) is 0 Å². The van der Waals surface area contributed by atoms with Crippen molar-refractivity contribution >= 4 is 0 Å². The first-order valence-electron chi connectivity index (χ1n) is 9.60. The Hall–Kier alpha value is -0.800. The summed E-state index contributed by atoms with van der Waals surface area (Å²) in [6, 6.07) is 0. The summed E-state index contributed by atoms with van der Waals surface area (Å²) in [4.78, 5) is 0. The number of aliphatic hydroxyl groups excluding tert-OH is 2. The van der Waals surface area contributed by atoms with Crippen LogP contribution < -0.4 is 5.73 Å². The molecule has 1 aliphatic rings. The van der Waals surface area contributed by atoms with Gasteiger partial charge in [-0.1, -0.05) is 57.3 Å². The second-order valence-corrected chi connectivity index (χ2v) is 6.99. The minimum atomic E-state index is -0.317. The van der Waals surface area contributed by atoms with E-state index in [-0.39, 0.29) is 12.2 Å². The first kappa shape index (κ1) is 20.2. The molecule has 0 aromatic carbocycles. The maximum atomic E-state index is 10.2. The Morgan fingerprint density at radius 2 is 1.96 bits per heavy atom. The lowest BCUT2D eigenvalue weighted by Gasteiger charge is -2.20. The SMILES string of the molecule is CCCCCC(O)/C=C/C1CCC(O)C1CCCCCC=CN. The number of hydrogen-bond donors (Lipinski definition) is 3. The lowest BCUT2D eigenvalue weighted by molar-refractivity contribution is 0.116. The summed E-state index contributed by atoms with van der Waals surface area (Å²) >= 11 is 0. The molecule has 3 nitrogen and oxygen atoms in total. The molecular formula is C20H37NO2. The van der Waals surface area contributed by atoms with Gasteiger partial charge >= 0.3 is 0 Å². The number of rotatable bonds is 12. The summed E-state index contributed by atoms with van der Waals surface area (Å²) in [5, 5.41) is 20.2. The van der Waals surface area contributed by atoms with Crippen LogP contribution in [0.25, 0.3) is 0 Å². The normalized spacial score (nSPS) is 26.5. The maximum Gasteiger partial charge on any atom is 0.0721 e. The van der Waals surface area contributed by atoms with Crippen LogP contribution in [0, 0.1) is 11.8 Å². The molecule has 0 spiro atoms. The van der Waals surface area contributed by atoms with Gasteiger partial charge in [-0.05, 0) is 56.6 Å². The van der Waals surface area contributed by atoms with Crippen LogP contribution in [0.5, 0.6) is 0 Å². The molecule has 0 aromatic rings. The molecule has 1 aliphatic carbocycles. The van der Waals surface area contributed by atoms with E-state index in [9.17, 15) is 10.2 Å². The van der Waals surface area contributed by atoms with Crippen molar-refractivity contribution < 1.29 is 10.2 Å². The van der Waals surface area contributed by atoms with E-state index < -0.39 is 0 Å². The molecule has 1 saturated carbocycles. The summed E-state index contributed by atoms with van der Waals surface area (Å²) < 4.78 is 0. The molecule has 0 amide bonds. The van der Waals surface area contributed by atoms with Gasteiger partial charge < -0.3 is 15.9 Å². The Labute approximate surface area is 142 Å². The van der Waals surface area contributed by atoms with E-state index in [1.54, 1.807) is 6.20 Å². The largest absolute Gasteiger partial charge is 0.405 e. The highest BCUT2D eigenvalue weighted by atomic mass is 16.3. The van der Waals surface area contributed by atoms with Gasteiger partial charge in [-0.15, -0.1) is 0 Å². The maximum absolute atomic E-state index is 10.2. The van der Waals surface area contributed by atoms with Crippen molar-refractivity contribution in [1.82, 2.24) is 0 Å². The fraction of sp³-hybridized carbons (Fsp3) is 0.800. The van der Waals surface area contributed by atoms with Gasteiger partial charge in [0, 0.05) is 0 Å². The predicted molar refractivity (Wildman–Crippen MR) is 97.9 cm³/mol. The van der Waals surface area contributed by atoms with Crippen molar-refractivity contribution in [3.05, 3.63) is 24.4 Å². The fourth-order valence-electron chi connectivity index (χ4n) is 3.61. The second-order valence-electron chi connectivity index (χ2n) is 6.99. The Morgan fingerprint density at radius 1 is 1.13 bits per heavy atom. The van der Waals surface area contributed by atoms with E-state index in [0.717, 1.165) is 38.5 Å². The summed E-state index contributed by atoms with van der Waals surface area (Å²) in [5.74, 6) is 0.814. The topological polar surface area (TPSA) is 66.5 Å². The summed E-state index contributed by atoms with van der Waals surface area (Å²) in [6.45, 7) is 2.18. The lowest BCUT2D eigenvalue weighted by atomic mass is 9.88. The first-order valence-corrected chi connectivity index (χ1v) is 9.60. The number of unbranched alkanes of at least 4 members (excludes halogenated alkanes) is 5. The monoisotopic (exact) mass is 323 g/mol. The van der Waals surface area contributed by atoms with Gasteiger partial charge in [0.25, 0.3) is 0 Å². The van der Waals surface area contributed by atoms with Crippen molar-refractivity contribution in [3.8, 4) is 0 Å². The molecule has 0 bridgehead atoms. The quantitative estimate of drug-likeness (QED) is 0.371. The fourth-order valence-corrected chi connectivity index (χ4v) is 3.61. The van der Waals surface area contributed by atoms with E-state index in [2.05, 4.69) is 13.0 Å². The standard InChI is InChI=1S/C20H37NO2/c1-2-3-7-10-18(22)14-12-17-13-15-20(23)19(17)11-8-5-4-6-9-16-21/h9,12,14,16-20,22-23H,2-8,10-11,13,15,21H2,1H3/b14-12+,16-9?. The minimum absolute atomic E-state index is 0.161. The van der Waals surface area contributed by atoms with Gasteiger partial charge in [0.15, 0.2) is 0 Å². The van der Waals surface area contributed by atoms with E-state index in [0.29, 0.717) is 11.8 Å². The van der Waals surface area contributed by atoms with Crippen LogP contribution in [0.1, 0.15) is 77.6 Å². The Morgan fingerprint density at radius 3 is 2.70 bits per heavy atom. The minimum Gasteiger partial charge on any atom is -0.405 e. The number of allylic oxidation sites excluding steroid dienone is 2. The predicted octanol–water partition coefficient (Wildman–Crippen LogP) is 4.29. The summed E-state index contributed by atoms with van der Waals surface area (Å²) in [7, 11) is 0. The Kier molecular flexibility index (Phi) is 11.1. The molecule has 0 radical (unpaired) electrons. The van der Waals surface area contributed by atoms with Crippen LogP contribution in [-0.4, -0.2) is 22.4 Å². The third-order valence-electron chi connectivity index (χ3n) is 5.07. The molecule has 4 unspecified atom stereocenters. The highest BCUT2D eigenvalue weighted by Gasteiger charge is 2.32. The molecule has 0 aliphatic heterocycles. The van der Waals surface area contributed by atoms with Gasteiger partial charge in [0.1, 0.15) is 0 Å². The molecular weight excluding hydrogens is 286 g/mol. The number of aliphatic hydroxyl groups is 2. The summed E-state index contributed by atoms with van der Waals surface area (Å²) in [5.41, 5.74) is 5.33. The van der Waals surface area contributed by atoms with Gasteiger partial charge in [-0.3, -0.25) is 0 Å². The van der Waals surface area contributed by atoms with E-state index in [1.807, 2.05) is 12.2 Å². The Balaban J connectivity index is 2.29. The van der Waals surface area contributed by atoms with Crippen LogP contribution in [-0.2, 0) is 0 Å².